The highest BCUT2D eigenvalue weighted by Gasteiger charge is 2.24. The number of hydrogen-bond acceptors (Lipinski definition) is 2. The van der Waals surface area contributed by atoms with Gasteiger partial charge in [0.05, 0.1) is 16.7 Å². The summed E-state index contributed by atoms with van der Waals surface area (Å²) in [5.74, 6) is -3.35. The van der Waals surface area contributed by atoms with E-state index in [9.17, 15) is 13.6 Å². The molecular formula is C13H12ClF2NO. The van der Waals surface area contributed by atoms with E-state index in [0.29, 0.717) is 6.42 Å². The molecule has 96 valence electrons. The van der Waals surface area contributed by atoms with Gasteiger partial charge in [0.15, 0.2) is 5.78 Å². The summed E-state index contributed by atoms with van der Waals surface area (Å²) in [4.78, 5) is 11.9. The number of carbonyl (C=O) groups is 1. The fourth-order valence-corrected chi connectivity index (χ4v) is 1.74. The van der Waals surface area contributed by atoms with Crippen molar-refractivity contribution < 1.29 is 13.6 Å². The zero-order valence-corrected chi connectivity index (χ0v) is 10.8. The number of rotatable bonds is 4. The fourth-order valence-electron chi connectivity index (χ4n) is 1.59. The molecule has 1 atom stereocenters. The van der Waals surface area contributed by atoms with Crippen molar-refractivity contribution in [3.63, 3.8) is 0 Å². The Bertz CT molecular complexity index is 508. The van der Waals surface area contributed by atoms with E-state index in [2.05, 4.69) is 0 Å². The lowest BCUT2D eigenvalue weighted by molar-refractivity contribution is 0.0932. The topological polar surface area (TPSA) is 40.9 Å². The Hall–Kier alpha value is -1.47. The van der Waals surface area contributed by atoms with Crippen LogP contribution in [0.2, 0.25) is 5.02 Å². The van der Waals surface area contributed by atoms with Gasteiger partial charge in [0, 0.05) is 0 Å². The van der Waals surface area contributed by atoms with Crippen LogP contribution < -0.4 is 0 Å². The Morgan fingerprint density at radius 3 is 2.50 bits per heavy atom. The first kappa shape index (κ1) is 14.6. The lowest BCUT2D eigenvalue weighted by Gasteiger charge is -2.11. The van der Waals surface area contributed by atoms with Crippen LogP contribution in [0, 0.1) is 34.8 Å². The van der Waals surface area contributed by atoms with E-state index in [4.69, 9.17) is 16.9 Å². The molecule has 0 aliphatic rings. The highest BCUT2D eigenvalue weighted by molar-refractivity contribution is 6.30. The van der Waals surface area contributed by atoms with E-state index in [1.807, 2.05) is 19.9 Å². The number of carbonyl (C=O) groups excluding carboxylic acids is 1. The Labute approximate surface area is 109 Å². The Morgan fingerprint density at radius 1 is 1.39 bits per heavy atom. The Balaban J connectivity index is 3.10. The second-order valence-electron chi connectivity index (χ2n) is 4.42. The number of nitrogens with zero attached hydrogens (tertiary/aromatic N) is 1. The third-order valence-electron chi connectivity index (χ3n) is 2.45. The molecule has 0 saturated carbocycles. The van der Waals surface area contributed by atoms with Crippen LogP contribution in [-0.2, 0) is 0 Å². The molecule has 0 saturated heterocycles. The van der Waals surface area contributed by atoms with Crippen LogP contribution in [0.4, 0.5) is 8.78 Å². The summed E-state index contributed by atoms with van der Waals surface area (Å²) in [5, 5.41) is 8.52. The second-order valence-corrected chi connectivity index (χ2v) is 4.83. The maximum absolute atomic E-state index is 13.5. The van der Waals surface area contributed by atoms with Gasteiger partial charge in [-0.2, -0.15) is 5.26 Å². The molecule has 0 spiro atoms. The van der Waals surface area contributed by atoms with Gasteiger partial charge in [-0.25, -0.2) is 8.78 Å². The molecule has 0 heterocycles. The van der Waals surface area contributed by atoms with Gasteiger partial charge in [0.2, 0.25) is 0 Å². The zero-order chi connectivity index (χ0) is 13.9. The van der Waals surface area contributed by atoms with E-state index in [1.165, 1.54) is 0 Å². The minimum atomic E-state index is -0.972. The van der Waals surface area contributed by atoms with E-state index in [0.717, 1.165) is 12.1 Å². The minimum absolute atomic E-state index is 0.110. The molecule has 0 radical (unpaired) electrons. The number of hydrogen-bond donors (Lipinski definition) is 0. The van der Waals surface area contributed by atoms with Crippen molar-refractivity contribution >= 4 is 17.4 Å². The first-order valence-electron chi connectivity index (χ1n) is 5.45. The van der Waals surface area contributed by atoms with Crippen molar-refractivity contribution in [2.24, 2.45) is 11.8 Å². The minimum Gasteiger partial charge on any atom is -0.293 e. The standard InChI is InChI=1S/C13H12ClF2NO/c1-7(2)3-8(6-17)13(18)9-4-12(16)10(14)5-11(9)15/h4-5,7-8H,3H2,1-2H3. The van der Waals surface area contributed by atoms with Crippen LogP contribution in [0.25, 0.3) is 0 Å². The quantitative estimate of drug-likeness (QED) is 0.614. The lowest BCUT2D eigenvalue weighted by Crippen LogP contribution is -2.17. The third kappa shape index (κ3) is 3.27. The summed E-state index contributed by atoms with van der Waals surface area (Å²) in [6.45, 7) is 3.69. The second kappa shape index (κ2) is 5.92. The fraction of sp³-hybridized carbons (Fsp3) is 0.385. The molecule has 1 aromatic rings. The first-order chi connectivity index (χ1) is 8.36. The summed E-state index contributed by atoms with van der Waals surface area (Å²) in [6.07, 6.45) is 0.305. The SMILES string of the molecule is CC(C)CC(C#N)C(=O)c1cc(F)c(Cl)cc1F. The molecule has 0 bridgehead atoms. The van der Waals surface area contributed by atoms with Crippen molar-refractivity contribution in [3.8, 4) is 6.07 Å². The average Bonchev–Trinajstić information content (AvgIpc) is 2.29. The van der Waals surface area contributed by atoms with Crippen LogP contribution in [-0.4, -0.2) is 5.78 Å². The lowest BCUT2D eigenvalue weighted by atomic mass is 9.90. The van der Waals surface area contributed by atoms with Gasteiger partial charge in [-0.3, -0.25) is 4.79 Å². The maximum atomic E-state index is 13.5. The highest BCUT2D eigenvalue weighted by Crippen LogP contribution is 2.23. The van der Waals surface area contributed by atoms with Gasteiger partial charge in [-0.05, 0) is 24.5 Å². The molecule has 1 unspecified atom stereocenters. The molecule has 0 aromatic heterocycles. The van der Waals surface area contributed by atoms with E-state index in [1.54, 1.807) is 0 Å². The Kier molecular flexibility index (Phi) is 4.80. The highest BCUT2D eigenvalue weighted by atomic mass is 35.5. The van der Waals surface area contributed by atoms with E-state index >= 15 is 0 Å². The molecule has 0 N–H and O–H groups in total. The molecule has 2 nitrogen and oxygen atoms in total. The van der Waals surface area contributed by atoms with E-state index < -0.39 is 28.9 Å². The van der Waals surface area contributed by atoms with Crippen molar-refractivity contribution in [1.82, 2.24) is 0 Å². The number of nitriles is 1. The molecule has 1 aromatic carbocycles. The van der Waals surface area contributed by atoms with Crippen molar-refractivity contribution in [1.29, 1.82) is 5.26 Å². The average molecular weight is 272 g/mol. The zero-order valence-electron chi connectivity index (χ0n) is 10.0. The molecule has 0 aliphatic carbocycles. The molecule has 0 aliphatic heterocycles. The predicted molar refractivity (Wildman–Crippen MR) is 64.3 cm³/mol. The summed E-state index contributed by atoms with van der Waals surface area (Å²) in [7, 11) is 0. The normalized spacial score (nSPS) is 12.3. The number of ketones is 1. The van der Waals surface area contributed by atoms with Crippen LogP contribution >= 0.6 is 11.6 Å². The summed E-state index contributed by atoms with van der Waals surface area (Å²) in [6, 6.07) is 3.31. The number of benzene rings is 1. The van der Waals surface area contributed by atoms with Crippen LogP contribution in [0.1, 0.15) is 30.6 Å². The summed E-state index contributed by atoms with van der Waals surface area (Å²) < 4.78 is 26.7. The third-order valence-corrected chi connectivity index (χ3v) is 2.74. The van der Waals surface area contributed by atoms with Crippen molar-refractivity contribution in [2.75, 3.05) is 0 Å². The first-order valence-corrected chi connectivity index (χ1v) is 5.83. The monoisotopic (exact) mass is 271 g/mol. The van der Waals surface area contributed by atoms with Gasteiger partial charge in [0.1, 0.15) is 17.6 Å². The summed E-state index contributed by atoms with van der Waals surface area (Å²) in [5.41, 5.74) is -0.427. The molecule has 1 rings (SSSR count). The predicted octanol–water partition coefficient (Wildman–Crippen LogP) is 3.99. The Morgan fingerprint density at radius 2 is 2.00 bits per heavy atom. The van der Waals surface area contributed by atoms with Gasteiger partial charge < -0.3 is 0 Å². The van der Waals surface area contributed by atoms with Gasteiger partial charge in [0.25, 0.3) is 0 Å². The molecule has 18 heavy (non-hydrogen) atoms. The van der Waals surface area contributed by atoms with Crippen molar-refractivity contribution in [3.05, 3.63) is 34.4 Å². The number of halogens is 3. The smallest absolute Gasteiger partial charge is 0.183 e. The van der Waals surface area contributed by atoms with Crippen molar-refractivity contribution in [2.45, 2.75) is 20.3 Å². The van der Waals surface area contributed by atoms with E-state index in [-0.39, 0.29) is 10.9 Å². The van der Waals surface area contributed by atoms with Gasteiger partial charge >= 0.3 is 0 Å². The van der Waals surface area contributed by atoms with Crippen LogP contribution in [0.3, 0.4) is 0 Å². The molecular weight excluding hydrogens is 260 g/mol. The number of Topliss-reactive ketones (excluding diaryl/α,β-unsaturated/α-hetero) is 1. The molecule has 5 heteroatoms. The van der Waals surface area contributed by atoms with Gasteiger partial charge in [-0.1, -0.05) is 25.4 Å². The molecule has 0 amide bonds. The van der Waals surface area contributed by atoms with Gasteiger partial charge in [-0.15, -0.1) is 0 Å². The largest absolute Gasteiger partial charge is 0.293 e. The maximum Gasteiger partial charge on any atom is 0.183 e. The molecule has 0 fully saturated rings. The van der Waals surface area contributed by atoms with Crippen LogP contribution in [0.5, 0.6) is 0 Å². The summed E-state index contributed by atoms with van der Waals surface area (Å²) >= 11 is 5.40. The van der Waals surface area contributed by atoms with Crippen LogP contribution in [0.15, 0.2) is 12.1 Å².